The monoisotopic (exact) mass is 436 g/mol. The van der Waals surface area contributed by atoms with E-state index in [0.717, 1.165) is 18.3 Å². The predicted molar refractivity (Wildman–Crippen MR) is 82.4 cm³/mol. The molecule has 2 fully saturated rings. The number of hydrogen-bond donors (Lipinski definition) is 1. The second kappa shape index (κ2) is 8.65. The van der Waals surface area contributed by atoms with Crippen LogP contribution in [0.2, 0.25) is 13.1 Å². The Kier molecular flexibility index (Phi) is 8.13. The van der Waals surface area contributed by atoms with Gasteiger partial charge in [-0.3, -0.25) is 0 Å². The Labute approximate surface area is 156 Å². The topological polar surface area (TPSA) is 29.1 Å². The first-order valence-corrected chi connectivity index (χ1v) is 17.7. The Morgan fingerprint density at radius 2 is 2.00 bits per heavy atom. The first-order valence-electron chi connectivity index (χ1n) is 8.10. The third kappa shape index (κ3) is 4.37. The molecule has 0 saturated heterocycles. The summed E-state index contributed by atoms with van der Waals surface area (Å²) in [7, 11) is 0. The van der Waals surface area contributed by atoms with E-state index in [1.165, 1.54) is 31.3 Å². The Bertz CT molecular complexity index is 481. The van der Waals surface area contributed by atoms with Gasteiger partial charge in [-0.1, -0.05) is 0 Å². The zero-order chi connectivity index (χ0) is 14.3. The van der Waals surface area contributed by atoms with E-state index in [1.807, 2.05) is 0 Å². The van der Waals surface area contributed by atoms with Gasteiger partial charge in [-0.05, 0) is 0 Å². The van der Waals surface area contributed by atoms with Crippen LogP contribution in [-0.4, -0.2) is 11.8 Å². The quantitative estimate of drug-likeness (QED) is 0.476. The molecule has 123 valence electrons. The summed E-state index contributed by atoms with van der Waals surface area (Å²) in [5.41, 5.74) is 1.40. The maximum Gasteiger partial charge on any atom is -1.00 e. The molecule has 0 spiro atoms. The minimum absolute atomic E-state index is 0. The zero-order valence-corrected chi connectivity index (χ0v) is 18.8. The summed E-state index contributed by atoms with van der Waals surface area (Å²) in [5.74, 6) is 1.68. The zero-order valence-electron chi connectivity index (χ0n) is 13.7. The van der Waals surface area contributed by atoms with E-state index < -0.39 is 27.1 Å². The van der Waals surface area contributed by atoms with Crippen molar-refractivity contribution in [2.75, 3.05) is 0 Å². The normalized spacial score (nSPS) is 28.6. The molecule has 2 bridgehead atoms. The van der Waals surface area contributed by atoms with E-state index in [2.05, 4.69) is 35.4 Å². The summed E-state index contributed by atoms with van der Waals surface area (Å²) in [6.07, 6.45) is 11.0. The number of halogens is 2. The molecule has 3 unspecified atom stereocenters. The molecule has 2 saturated carbocycles. The molecular weight excluding hydrogens is 412 g/mol. The fourth-order valence-electron chi connectivity index (χ4n) is 4.24. The van der Waals surface area contributed by atoms with E-state index in [4.69, 9.17) is 0 Å². The van der Waals surface area contributed by atoms with Gasteiger partial charge in [-0.25, -0.2) is 0 Å². The van der Waals surface area contributed by atoms with E-state index in [1.54, 1.807) is 3.28 Å². The third-order valence-electron chi connectivity index (χ3n) is 5.30. The Balaban J connectivity index is 0.00000121. The van der Waals surface area contributed by atoms with Crippen molar-refractivity contribution in [2.45, 2.75) is 52.1 Å². The number of amides is 1. The van der Waals surface area contributed by atoms with Crippen LogP contribution in [0.25, 0.3) is 0 Å². The second-order valence-corrected chi connectivity index (χ2v) is 25.6. The van der Waals surface area contributed by atoms with Crippen molar-refractivity contribution in [3.05, 3.63) is 21.0 Å². The van der Waals surface area contributed by atoms with Crippen molar-refractivity contribution < 1.29 is 50.8 Å². The van der Waals surface area contributed by atoms with Gasteiger partial charge in [0.05, 0.1) is 0 Å². The molecule has 0 radical (unpaired) electrons. The SMILES string of the molecule is CC1=CC[C]([Zr+2]([NH]C(=O)C2CC3CCC2C3)[SiH](C)C)=C1.[Cl-].[Cl-]. The summed E-state index contributed by atoms with van der Waals surface area (Å²) >= 11 is -1.83. The van der Waals surface area contributed by atoms with Crippen LogP contribution < -0.4 is 28.1 Å². The average molecular weight is 439 g/mol. The summed E-state index contributed by atoms with van der Waals surface area (Å²) < 4.78 is 5.27. The van der Waals surface area contributed by atoms with Crippen LogP contribution in [0.1, 0.15) is 39.0 Å². The van der Waals surface area contributed by atoms with Crippen LogP contribution in [-0.2, 0) is 26.0 Å². The minimum Gasteiger partial charge on any atom is -1.00 e. The largest absolute Gasteiger partial charge is 1.00 e. The predicted octanol–water partition coefficient (Wildman–Crippen LogP) is -2.70. The van der Waals surface area contributed by atoms with Crippen LogP contribution in [0.5, 0.6) is 0 Å². The van der Waals surface area contributed by atoms with Gasteiger partial charge in [-0.2, -0.15) is 0 Å². The number of allylic oxidation sites excluding steroid dienone is 4. The third-order valence-corrected chi connectivity index (χ3v) is 21.8. The number of rotatable bonds is 4. The van der Waals surface area contributed by atoms with Crippen LogP contribution in [0.15, 0.2) is 21.0 Å². The van der Waals surface area contributed by atoms with Crippen LogP contribution in [0, 0.1) is 17.8 Å². The van der Waals surface area contributed by atoms with Crippen molar-refractivity contribution in [1.29, 1.82) is 0 Å². The molecule has 1 amide bonds. The molecular formula is C16H26Cl2NOSiZr. The van der Waals surface area contributed by atoms with Crippen LogP contribution >= 0.6 is 0 Å². The average Bonchev–Trinajstić information content (AvgIpc) is 3.10. The van der Waals surface area contributed by atoms with Gasteiger partial charge in [0.15, 0.2) is 0 Å². The van der Waals surface area contributed by atoms with Crippen molar-refractivity contribution >= 4 is 11.8 Å². The number of fused-ring (bicyclic) bond motifs is 2. The van der Waals surface area contributed by atoms with E-state index in [9.17, 15) is 4.79 Å². The maximum atomic E-state index is 12.7. The van der Waals surface area contributed by atoms with Crippen molar-refractivity contribution in [3.63, 3.8) is 0 Å². The summed E-state index contributed by atoms with van der Waals surface area (Å²) in [5, 5.41) is 0. The summed E-state index contributed by atoms with van der Waals surface area (Å²) in [6.45, 7) is 7.06. The summed E-state index contributed by atoms with van der Waals surface area (Å²) in [4.78, 5) is 12.7. The molecule has 3 atom stereocenters. The van der Waals surface area contributed by atoms with Crippen LogP contribution in [0.4, 0.5) is 0 Å². The smallest absolute Gasteiger partial charge is 1.00 e. The van der Waals surface area contributed by atoms with Gasteiger partial charge < -0.3 is 24.8 Å². The molecule has 3 aliphatic rings. The van der Waals surface area contributed by atoms with Crippen molar-refractivity contribution in [2.24, 2.45) is 17.8 Å². The number of carbonyl (C=O) groups is 1. The molecule has 0 aromatic rings. The molecule has 22 heavy (non-hydrogen) atoms. The standard InChI is InChI=1S/C8H13NO.C6H7.C2H7Si.2ClH.Zr/c9-8(10)7-4-5-1-2-6(7)3-5;1-6-4-2-3-5-6;1-3-2;;;/h5-7H,1-4H2,(H2,9,10);4-5H,2H2,1H3;3H,1-2H3;2*1H;/q;;;;;+3/p-3. The van der Waals surface area contributed by atoms with Gasteiger partial charge in [0.25, 0.3) is 0 Å². The van der Waals surface area contributed by atoms with E-state index >= 15 is 0 Å². The fourth-order valence-corrected chi connectivity index (χ4v) is 18.1. The molecule has 6 heteroatoms. The number of carbonyl (C=O) groups excluding carboxylic acids is 1. The van der Waals surface area contributed by atoms with Crippen LogP contribution in [0.3, 0.4) is 0 Å². The number of hydrogen-bond acceptors (Lipinski definition) is 1. The van der Waals surface area contributed by atoms with Crippen molar-refractivity contribution in [1.82, 2.24) is 3.26 Å². The summed E-state index contributed by atoms with van der Waals surface area (Å²) in [6, 6.07) is 0. The van der Waals surface area contributed by atoms with E-state index in [0.29, 0.717) is 11.8 Å². The molecule has 0 aromatic heterocycles. The first kappa shape index (κ1) is 20.7. The Morgan fingerprint density at radius 3 is 2.45 bits per heavy atom. The van der Waals surface area contributed by atoms with Gasteiger partial charge in [-0.15, -0.1) is 0 Å². The molecule has 3 rings (SSSR count). The number of nitrogens with one attached hydrogen (secondary N) is 1. The molecule has 3 aliphatic carbocycles. The molecule has 1 N–H and O–H groups in total. The van der Waals surface area contributed by atoms with Gasteiger partial charge in [0.2, 0.25) is 0 Å². The first-order chi connectivity index (χ1) is 9.54. The van der Waals surface area contributed by atoms with Gasteiger partial charge >= 0.3 is 132 Å². The van der Waals surface area contributed by atoms with Crippen molar-refractivity contribution in [3.8, 4) is 0 Å². The van der Waals surface area contributed by atoms with Gasteiger partial charge in [0.1, 0.15) is 0 Å². The van der Waals surface area contributed by atoms with Gasteiger partial charge in [0, 0.05) is 0 Å². The molecule has 0 aliphatic heterocycles. The Hall–Kier alpha value is 0.630. The minimum atomic E-state index is -1.83. The van der Waals surface area contributed by atoms with E-state index in [-0.39, 0.29) is 24.8 Å². The second-order valence-electron chi connectivity index (χ2n) is 7.16. The Morgan fingerprint density at radius 1 is 1.27 bits per heavy atom. The molecule has 0 heterocycles. The fraction of sp³-hybridized carbons (Fsp3) is 0.688. The molecule has 0 aromatic carbocycles. The maximum absolute atomic E-state index is 12.7. The molecule has 2 nitrogen and oxygen atoms in total.